The van der Waals surface area contributed by atoms with Crippen molar-refractivity contribution < 1.29 is 14.3 Å². The molecular formula is C21H24N2O3. The minimum Gasteiger partial charge on any atom is -0.484 e. The highest BCUT2D eigenvalue weighted by atomic mass is 16.5. The van der Waals surface area contributed by atoms with Gasteiger partial charge in [-0.05, 0) is 48.7 Å². The molecule has 1 saturated heterocycles. The highest BCUT2D eigenvalue weighted by Gasteiger charge is 2.21. The van der Waals surface area contributed by atoms with Crippen molar-refractivity contribution in [1.29, 1.82) is 0 Å². The van der Waals surface area contributed by atoms with E-state index in [1.807, 2.05) is 43.3 Å². The quantitative estimate of drug-likeness (QED) is 0.802. The Bertz CT molecular complexity index is 786. The molecule has 1 fully saturated rings. The molecule has 5 heteroatoms. The van der Waals surface area contributed by atoms with E-state index < -0.39 is 0 Å². The Kier molecular flexibility index (Phi) is 5.56. The Balaban J connectivity index is 1.52. The lowest BCUT2D eigenvalue weighted by Gasteiger charge is -2.19. The molecule has 136 valence electrons. The van der Waals surface area contributed by atoms with E-state index in [0.717, 1.165) is 24.2 Å². The zero-order valence-corrected chi connectivity index (χ0v) is 15.3. The number of carbonyl (C=O) groups is 2. The first-order chi connectivity index (χ1) is 12.5. The summed E-state index contributed by atoms with van der Waals surface area (Å²) in [7, 11) is 1.78. The number of aryl methyl sites for hydroxylation is 1. The van der Waals surface area contributed by atoms with Crippen molar-refractivity contribution in [3.05, 3.63) is 59.7 Å². The Labute approximate surface area is 154 Å². The highest BCUT2D eigenvalue weighted by molar-refractivity contribution is 5.95. The summed E-state index contributed by atoms with van der Waals surface area (Å²) in [6.45, 7) is 3.35. The van der Waals surface area contributed by atoms with E-state index >= 15 is 0 Å². The van der Waals surface area contributed by atoms with Crippen LogP contribution in [0, 0.1) is 6.92 Å². The van der Waals surface area contributed by atoms with E-state index in [0.29, 0.717) is 18.7 Å². The van der Waals surface area contributed by atoms with Crippen LogP contribution in [-0.2, 0) is 16.1 Å². The zero-order chi connectivity index (χ0) is 18.5. The third kappa shape index (κ3) is 4.23. The maximum absolute atomic E-state index is 12.3. The predicted molar refractivity (Wildman–Crippen MR) is 101 cm³/mol. The van der Waals surface area contributed by atoms with E-state index in [1.54, 1.807) is 29.0 Å². The molecule has 0 N–H and O–H groups in total. The van der Waals surface area contributed by atoms with Crippen molar-refractivity contribution in [2.24, 2.45) is 0 Å². The fourth-order valence-corrected chi connectivity index (χ4v) is 3.03. The number of likely N-dealkylation sites (N-methyl/N-ethyl adjacent to an activating group) is 1. The monoisotopic (exact) mass is 352 g/mol. The van der Waals surface area contributed by atoms with Gasteiger partial charge in [0, 0.05) is 32.2 Å². The lowest BCUT2D eigenvalue weighted by molar-refractivity contribution is -0.132. The summed E-state index contributed by atoms with van der Waals surface area (Å²) in [4.78, 5) is 27.5. The number of benzene rings is 2. The van der Waals surface area contributed by atoms with Crippen LogP contribution in [0.2, 0.25) is 0 Å². The number of ether oxygens (including phenoxy) is 1. The number of rotatable bonds is 6. The average Bonchev–Trinajstić information content (AvgIpc) is 3.08. The van der Waals surface area contributed by atoms with Gasteiger partial charge in [0.25, 0.3) is 5.91 Å². The molecule has 3 rings (SSSR count). The Morgan fingerprint density at radius 3 is 2.54 bits per heavy atom. The van der Waals surface area contributed by atoms with Crippen LogP contribution in [0.3, 0.4) is 0 Å². The second-order valence-corrected chi connectivity index (χ2v) is 6.61. The summed E-state index contributed by atoms with van der Waals surface area (Å²) in [5, 5.41) is 0. The molecule has 0 aliphatic carbocycles. The van der Waals surface area contributed by atoms with Crippen molar-refractivity contribution in [3.63, 3.8) is 0 Å². The second kappa shape index (κ2) is 8.04. The van der Waals surface area contributed by atoms with Gasteiger partial charge in [-0.3, -0.25) is 9.59 Å². The Morgan fingerprint density at radius 2 is 1.88 bits per heavy atom. The maximum atomic E-state index is 12.3. The summed E-state index contributed by atoms with van der Waals surface area (Å²) in [6, 6.07) is 15.4. The fraction of sp³-hybridized carbons (Fsp3) is 0.333. The molecule has 1 aliphatic rings. The van der Waals surface area contributed by atoms with Gasteiger partial charge in [-0.2, -0.15) is 0 Å². The Morgan fingerprint density at radius 1 is 1.15 bits per heavy atom. The molecule has 0 aromatic heterocycles. The third-order valence-corrected chi connectivity index (χ3v) is 4.68. The van der Waals surface area contributed by atoms with Gasteiger partial charge in [-0.25, -0.2) is 0 Å². The predicted octanol–water partition coefficient (Wildman–Crippen LogP) is 3.16. The van der Waals surface area contributed by atoms with Gasteiger partial charge in [0.1, 0.15) is 5.75 Å². The first-order valence-corrected chi connectivity index (χ1v) is 8.86. The van der Waals surface area contributed by atoms with Gasteiger partial charge in [0.15, 0.2) is 6.61 Å². The molecule has 0 saturated carbocycles. The van der Waals surface area contributed by atoms with E-state index in [9.17, 15) is 9.59 Å². The number of hydrogen-bond donors (Lipinski definition) is 0. The molecule has 0 bridgehead atoms. The molecule has 0 unspecified atom stereocenters. The molecule has 2 amide bonds. The van der Waals surface area contributed by atoms with Gasteiger partial charge < -0.3 is 14.5 Å². The topological polar surface area (TPSA) is 49.9 Å². The van der Waals surface area contributed by atoms with Gasteiger partial charge in [0.05, 0.1) is 0 Å². The summed E-state index contributed by atoms with van der Waals surface area (Å²) < 4.78 is 5.61. The van der Waals surface area contributed by atoms with E-state index in [1.165, 1.54) is 5.56 Å². The van der Waals surface area contributed by atoms with Crippen LogP contribution >= 0.6 is 0 Å². The van der Waals surface area contributed by atoms with Crippen LogP contribution in [0.5, 0.6) is 5.75 Å². The van der Waals surface area contributed by atoms with Crippen LogP contribution in [0.1, 0.15) is 24.0 Å². The van der Waals surface area contributed by atoms with Crippen LogP contribution < -0.4 is 9.64 Å². The molecule has 2 aromatic rings. The molecule has 0 atom stereocenters. The number of nitrogens with zero attached hydrogens (tertiary/aromatic N) is 2. The summed E-state index contributed by atoms with van der Waals surface area (Å²) >= 11 is 0. The fourth-order valence-electron chi connectivity index (χ4n) is 3.03. The first-order valence-electron chi connectivity index (χ1n) is 8.86. The summed E-state index contributed by atoms with van der Waals surface area (Å²) in [5.41, 5.74) is 3.17. The van der Waals surface area contributed by atoms with Crippen LogP contribution in [0.4, 0.5) is 5.69 Å². The first kappa shape index (κ1) is 18.0. The van der Waals surface area contributed by atoms with Gasteiger partial charge in [-0.15, -0.1) is 0 Å². The molecular weight excluding hydrogens is 328 g/mol. The number of carbonyl (C=O) groups excluding carboxylic acids is 2. The summed E-state index contributed by atoms with van der Waals surface area (Å²) in [5.74, 6) is 0.705. The van der Waals surface area contributed by atoms with Crippen molar-refractivity contribution in [3.8, 4) is 5.75 Å². The van der Waals surface area contributed by atoms with E-state index in [2.05, 4.69) is 0 Å². The van der Waals surface area contributed by atoms with Gasteiger partial charge >= 0.3 is 0 Å². The lowest BCUT2D eigenvalue weighted by atomic mass is 10.1. The minimum atomic E-state index is -0.0768. The molecule has 0 spiro atoms. The standard InChI is InChI=1S/C21H24N2O3/c1-16-6-3-4-7-17(16)14-22(2)21(25)15-26-19-11-9-18(10-12-19)23-13-5-8-20(23)24/h3-4,6-7,9-12H,5,8,13-15H2,1-2H3. The smallest absolute Gasteiger partial charge is 0.260 e. The largest absolute Gasteiger partial charge is 0.484 e. The zero-order valence-electron chi connectivity index (χ0n) is 15.3. The van der Waals surface area contributed by atoms with Crippen molar-refractivity contribution in [1.82, 2.24) is 4.90 Å². The average molecular weight is 352 g/mol. The molecule has 0 radical (unpaired) electrons. The van der Waals surface area contributed by atoms with Gasteiger partial charge in [-0.1, -0.05) is 24.3 Å². The minimum absolute atomic E-state index is 0.00955. The van der Waals surface area contributed by atoms with Crippen molar-refractivity contribution >= 4 is 17.5 Å². The van der Waals surface area contributed by atoms with Crippen LogP contribution in [0.15, 0.2) is 48.5 Å². The van der Waals surface area contributed by atoms with E-state index in [4.69, 9.17) is 4.74 Å². The number of anilines is 1. The second-order valence-electron chi connectivity index (χ2n) is 6.61. The Hall–Kier alpha value is -2.82. The molecule has 2 aromatic carbocycles. The maximum Gasteiger partial charge on any atom is 0.260 e. The molecule has 1 aliphatic heterocycles. The third-order valence-electron chi connectivity index (χ3n) is 4.68. The van der Waals surface area contributed by atoms with Gasteiger partial charge in [0.2, 0.25) is 5.91 Å². The lowest BCUT2D eigenvalue weighted by Crippen LogP contribution is -2.31. The molecule has 5 nitrogen and oxygen atoms in total. The normalized spacial score (nSPS) is 13.8. The van der Waals surface area contributed by atoms with Crippen molar-refractivity contribution in [2.45, 2.75) is 26.3 Å². The number of hydrogen-bond acceptors (Lipinski definition) is 3. The number of amides is 2. The SMILES string of the molecule is Cc1ccccc1CN(C)C(=O)COc1ccc(N2CCCC2=O)cc1. The highest BCUT2D eigenvalue weighted by Crippen LogP contribution is 2.23. The van der Waals surface area contributed by atoms with E-state index in [-0.39, 0.29) is 18.4 Å². The molecule has 26 heavy (non-hydrogen) atoms. The van der Waals surface area contributed by atoms with Crippen molar-refractivity contribution in [2.75, 3.05) is 25.1 Å². The summed E-state index contributed by atoms with van der Waals surface area (Å²) in [6.07, 6.45) is 1.51. The van der Waals surface area contributed by atoms with Crippen LogP contribution in [0.25, 0.3) is 0 Å². The molecule has 1 heterocycles. The van der Waals surface area contributed by atoms with Crippen LogP contribution in [-0.4, -0.2) is 36.9 Å².